The second kappa shape index (κ2) is 9.87. The Bertz CT molecular complexity index is 807. The van der Waals surface area contributed by atoms with Gasteiger partial charge in [0, 0.05) is 4.47 Å². The van der Waals surface area contributed by atoms with Gasteiger partial charge in [-0.3, -0.25) is 9.36 Å². The molecule has 1 aromatic heterocycles. The van der Waals surface area contributed by atoms with E-state index < -0.39 is 22.9 Å². The van der Waals surface area contributed by atoms with Crippen molar-refractivity contribution in [3.05, 3.63) is 32.3 Å². The van der Waals surface area contributed by atoms with Crippen molar-refractivity contribution in [1.82, 2.24) is 4.57 Å². The molecule has 0 fully saturated rings. The second-order valence-electron chi connectivity index (χ2n) is 5.79. The standard InChI is InChI=1S/C18H22BrNO5S/c1-3-5-9-24-16(21)15(17(22)25-10-6-4-2)20-13-8-7-12(19)11-14(13)26-18(20)23/h7-8,11,15H,3-6,9-10H2,1-2H3. The molecule has 6 nitrogen and oxygen atoms in total. The molecule has 8 heteroatoms. The third-order valence-corrected chi connectivity index (χ3v) is 5.18. The third kappa shape index (κ3) is 4.94. The van der Waals surface area contributed by atoms with E-state index in [1.165, 1.54) is 4.57 Å². The first-order valence-corrected chi connectivity index (χ1v) is 10.2. The van der Waals surface area contributed by atoms with Crippen LogP contribution in [0.25, 0.3) is 10.2 Å². The van der Waals surface area contributed by atoms with Crippen LogP contribution in [-0.2, 0) is 19.1 Å². The summed E-state index contributed by atoms with van der Waals surface area (Å²) in [6, 6.07) is 3.81. The lowest BCUT2D eigenvalue weighted by molar-refractivity contribution is -0.160. The average Bonchev–Trinajstić information content (AvgIpc) is 2.91. The molecule has 0 aliphatic heterocycles. The van der Waals surface area contributed by atoms with Crippen molar-refractivity contribution in [3.63, 3.8) is 0 Å². The van der Waals surface area contributed by atoms with E-state index in [2.05, 4.69) is 15.9 Å². The summed E-state index contributed by atoms with van der Waals surface area (Å²) in [4.78, 5) is 37.2. The van der Waals surface area contributed by atoms with Crippen molar-refractivity contribution in [2.45, 2.75) is 45.6 Å². The Balaban J connectivity index is 2.39. The molecule has 0 saturated heterocycles. The van der Waals surface area contributed by atoms with Crippen LogP contribution in [0.1, 0.15) is 45.6 Å². The number of benzene rings is 1. The van der Waals surface area contributed by atoms with Crippen LogP contribution < -0.4 is 4.87 Å². The maximum atomic E-state index is 12.6. The number of carbonyl (C=O) groups excluding carboxylic acids is 2. The molecular weight excluding hydrogens is 422 g/mol. The molecule has 0 unspecified atom stereocenters. The van der Waals surface area contributed by atoms with Crippen LogP contribution in [0, 0.1) is 0 Å². The van der Waals surface area contributed by atoms with Gasteiger partial charge in [-0.25, -0.2) is 9.59 Å². The number of carbonyl (C=O) groups is 2. The number of unbranched alkanes of at least 4 members (excludes halogenated alkanes) is 2. The van der Waals surface area contributed by atoms with Crippen LogP contribution in [0.4, 0.5) is 0 Å². The highest BCUT2D eigenvalue weighted by molar-refractivity contribution is 9.10. The number of aromatic nitrogens is 1. The van der Waals surface area contributed by atoms with E-state index in [1.54, 1.807) is 18.2 Å². The van der Waals surface area contributed by atoms with Gasteiger partial charge in [0.05, 0.1) is 23.4 Å². The summed E-state index contributed by atoms with van der Waals surface area (Å²) in [6.07, 6.45) is 3.09. The number of esters is 2. The smallest absolute Gasteiger partial charge is 0.341 e. The lowest BCUT2D eigenvalue weighted by Gasteiger charge is -2.17. The average molecular weight is 444 g/mol. The van der Waals surface area contributed by atoms with Gasteiger partial charge in [-0.1, -0.05) is 54.0 Å². The van der Waals surface area contributed by atoms with Gasteiger partial charge in [0.25, 0.3) is 0 Å². The molecule has 1 heterocycles. The number of halogens is 1. The molecule has 2 rings (SSSR count). The zero-order chi connectivity index (χ0) is 19.1. The van der Waals surface area contributed by atoms with E-state index in [1.807, 2.05) is 13.8 Å². The molecule has 2 aromatic rings. The Morgan fingerprint density at radius 1 is 1.12 bits per heavy atom. The number of hydrogen-bond donors (Lipinski definition) is 0. The number of rotatable bonds is 9. The number of ether oxygens (including phenoxy) is 2. The van der Waals surface area contributed by atoms with Gasteiger partial charge in [-0.2, -0.15) is 0 Å². The Morgan fingerprint density at radius 2 is 1.69 bits per heavy atom. The van der Waals surface area contributed by atoms with Gasteiger partial charge >= 0.3 is 16.8 Å². The summed E-state index contributed by atoms with van der Waals surface area (Å²) in [7, 11) is 0. The van der Waals surface area contributed by atoms with Gasteiger partial charge in [0.15, 0.2) is 0 Å². The van der Waals surface area contributed by atoms with Crippen molar-refractivity contribution >= 4 is 49.4 Å². The molecule has 0 bridgehead atoms. The molecule has 0 amide bonds. The summed E-state index contributed by atoms with van der Waals surface area (Å²) in [5, 5.41) is 0. The molecule has 1 aromatic carbocycles. The summed E-state index contributed by atoms with van der Waals surface area (Å²) < 4.78 is 13.1. The SMILES string of the molecule is CCCCOC(=O)C(C(=O)OCCCC)n1c(=O)sc2cc(Br)ccc21. The van der Waals surface area contributed by atoms with E-state index in [-0.39, 0.29) is 13.2 Å². The maximum absolute atomic E-state index is 12.6. The Hall–Kier alpha value is -1.67. The van der Waals surface area contributed by atoms with E-state index in [4.69, 9.17) is 9.47 Å². The Morgan fingerprint density at radius 3 is 2.23 bits per heavy atom. The van der Waals surface area contributed by atoms with E-state index >= 15 is 0 Å². The first kappa shape index (κ1) is 20.6. The van der Waals surface area contributed by atoms with Crippen LogP contribution in [0.2, 0.25) is 0 Å². The Labute approximate surface area is 164 Å². The Kier molecular flexibility index (Phi) is 7.84. The lowest BCUT2D eigenvalue weighted by atomic mass is 10.2. The van der Waals surface area contributed by atoms with Gasteiger partial charge < -0.3 is 9.47 Å². The first-order valence-electron chi connectivity index (χ1n) is 8.63. The molecule has 0 radical (unpaired) electrons. The van der Waals surface area contributed by atoms with Gasteiger partial charge in [-0.05, 0) is 31.0 Å². The predicted octanol–water partition coefficient (Wildman–Crippen LogP) is 4.05. The minimum absolute atomic E-state index is 0.205. The highest BCUT2D eigenvalue weighted by Gasteiger charge is 2.34. The number of nitrogens with zero attached hydrogens (tertiary/aromatic N) is 1. The minimum Gasteiger partial charge on any atom is -0.464 e. The minimum atomic E-state index is -1.42. The highest BCUT2D eigenvalue weighted by Crippen LogP contribution is 2.25. The van der Waals surface area contributed by atoms with Crippen molar-refractivity contribution in [2.75, 3.05) is 13.2 Å². The zero-order valence-electron chi connectivity index (χ0n) is 14.8. The van der Waals surface area contributed by atoms with Gasteiger partial charge in [-0.15, -0.1) is 0 Å². The molecule has 0 N–H and O–H groups in total. The third-order valence-electron chi connectivity index (χ3n) is 3.76. The van der Waals surface area contributed by atoms with E-state index in [0.717, 1.165) is 28.7 Å². The highest BCUT2D eigenvalue weighted by atomic mass is 79.9. The number of thiazole rings is 1. The molecule has 0 aliphatic rings. The van der Waals surface area contributed by atoms with Crippen LogP contribution in [0.5, 0.6) is 0 Å². The number of hydrogen-bond acceptors (Lipinski definition) is 6. The normalized spacial score (nSPS) is 11.1. The van der Waals surface area contributed by atoms with Crippen LogP contribution in [-0.4, -0.2) is 29.7 Å². The fourth-order valence-corrected chi connectivity index (χ4v) is 3.81. The monoisotopic (exact) mass is 443 g/mol. The largest absolute Gasteiger partial charge is 0.464 e. The summed E-state index contributed by atoms with van der Waals surface area (Å²) in [5.74, 6) is -1.52. The summed E-state index contributed by atoms with van der Waals surface area (Å²) in [6.45, 7) is 4.35. The van der Waals surface area contributed by atoms with Gasteiger partial charge in [0.2, 0.25) is 6.04 Å². The van der Waals surface area contributed by atoms with Crippen LogP contribution in [0.3, 0.4) is 0 Å². The summed E-state index contributed by atoms with van der Waals surface area (Å²) >= 11 is 4.33. The molecule has 26 heavy (non-hydrogen) atoms. The maximum Gasteiger partial charge on any atom is 0.341 e. The predicted molar refractivity (Wildman–Crippen MR) is 105 cm³/mol. The van der Waals surface area contributed by atoms with Crippen molar-refractivity contribution in [1.29, 1.82) is 0 Å². The second-order valence-corrected chi connectivity index (χ2v) is 7.70. The molecule has 0 aliphatic carbocycles. The molecule has 0 spiro atoms. The number of fused-ring (bicyclic) bond motifs is 1. The van der Waals surface area contributed by atoms with Crippen LogP contribution in [0.15, 0.2) is 27.5 Å². The van der Waals surface area contributed by atoms with Crippen molar-refractivity contribution < 1.29 is 19.1 Å². The molecule has 0 saturated carbocycles. The molecule has 0 atom stereocenters. The zero-order valence-corrected chi connectivity index (χ0v) is 17.2. The molecular formula is C18H22BrNO5S. The fraction of sp³-hybridized carbons (Fsp3) is 0.500. The quantitative estimate of drug-likeness (QED) is 0.331. The lowest BCUT2D eigenvalue weighted by Crippen LogP contribution is -2.35. The van der Waals surface area contributed by atoms with Crippen molar-refractivity contribution in [3.8, 4) is 0 Å². The van der Waals surface area contributed by atoms with Crippen molar-refractivity contribution in [2.24, 2.45) is 0 Å². The van der Waals surface area contributed by atoms with Crippen LogP contribution >= 0.6 is 27.3 Å². The fourth-order valence-electron chi connectivity index (χ4n) is 2.35. The topological polar surface area (TPSA) is 74.6 Å². The summed E-state index contributed by atoms with van der Waals surface area (Å²) in [5.41, 5.74) is 0.507. The van der Waals surface area contributed by atoms with E-state index in [0.29, 0.717) is 23.1 Å². The van der Waals surface area contributed by atoms with E-state index in [9.17, 15) is 14.4 Å². The molecule has 142 valence electrons. The first-order chi connectivity index (χ1) is 12.5. The van der Waals surface area contributed by atoms with Gasteiger partial charge in [0.1, 0.15) is 0 Å².